The lowest BCUT2D eigenvalue weighted by Gasteiger charge is -2.14. The van der Waals surface area contributed by atoms with E-state index in [1.54, 1.807) is 6.08 Å². The number of carbonyl (C=O) groups is 2. The van der Waals surface area contributed by atoms with Gasteiger partial charge in [0.2, 0.25) is 5.91 Å². The second-order valence-electron chi connectivity index (χ2n) is 4.57. The molecule has 0 spiro atoms. The van der Waals surface area contributed by atoms with Crippen LogP contribution in [0, 0.1) is 10.7 Å². The molecular weight excluding hydrogens is 623 g/mol. The van der Waals surface area contributed by atoms with Crippen molar-refractivity contribution in [1.29, 1.82) is 0 Å². The summed E-state index contributed by atoms with van der Waals surface area (Å²) in [6.45, 7) is 3.77. The van der Waals surface area contributed by atoms with E-state index in [4.69, 9.17) is 0 Å². The average Bonchev–Trinajstić information content (AvgIpc) is 2.43. The highest BCUT2D eigenvalue weighted by Crippen LogP contribution is 2.33. The standard InChI is InChI=1S/C15H16I3NO3/c1-3-5-12(20)19-14-11(17)7-10(16)9(13(14)18)6-8(4-2)15(21)22/h6-7H,3-5H2,1-2H3,(H,19,20)(H,21,22)/b8-6-. The third kappa shape index (κ3) is 5.32. The van der Waals surface area contributed by atoms with E-state index in [-0.39, 0.29) is 5.91 Å². The van der Waals surface area contributed by atoms with Crippen LogP contribution in [0.25, 0.3) is 6.08 Å². The highest BCUT2D eigenvalue weighted by molar-refractivity contribution is 14.1. The Kier molecular flexibility index (Phi) is 8.60. The van der Waals surface area contributed by atoms with Crippen LogP contribution in [-0.4, -0.2) is 17.0 Å². The van der Waals surface area contributed by atoms with Gasteiger partial charge in [-0.1, -0.05) is 13.8 Å². The maximum absolute atomic E-state index is 11.9. The van der Waals surface area contributed by atoms with Crippen molar-refractivity contribution in [3.63, 3.8) is 0 Å². The van der Waals surface area contributed by atoms with Crippen molar-refractivity contribution in [3.05, 3.63) is 27.9 Å². The number of benzene rings is 1. The molecule has 0 unspecified atom stereocenters. The van der Waals surface area contributed by atoms with E-state index in [1.807, 2.05) is 19.9 Å². The zero-order chi connectivity index (χ0) is 16.9. The molecule has 0 atom stereocenters. The summed E-state index contributed by atoms with van der Waals surface area (Å²) in [5, 5.41) is 12.1. The van der Waals surface area contributed by atoms with Crippen LogP contribution in [0.5, 0.6) is 0 Å². The van der Waals surface area contributed by atoms with Crippen LogP contribution in [-0.2, 0) is 9.59 Å². The monoisotopic (exact) mass is 639 g/mol. The number of carboxylic acids is 1. The molecule has 0 bridgehead atoms. The van der Waals surface area contributed by atoms with Crippen LogP contribution in [0.4, 0.5) is 5.69 Å². The maximum Gasteiger partial charge on any atom is 0.331 e. The van der Waals surface area contributed by atoms with Crippen molar-refractivity contribution in [2.75, 3.05) is 5.32 Å². The second-order valence-corrected chi connectivity index (χ2v) is 7.97. The molecule has 0 aliphatic rings. The number of aliphatic carboxylic acids is 1. The van der Waals surface area contributed by atoms with Gasteiger partial charge in [0.25, 0.3) is 0 Å². The van der Waals surface area contributed by atoms with Gasteiger partial charge in [0.1, 0.15) is 0 Å². The lowest BCUT2D eigenvalue weighted by Crippen LogP contribution is -2.14. The van der Waals surface area contributed by atoms with E-state index in [0.717, 1.165) is 28.4 Å². The summed E-state index contributed by atoms with van der Waals surface area (Å²) in [5.74, 6) is -0.937. The Hall–Kier alpha value is 0.0900. The Balaban J connectivity index is 3.36. The normalized spacial score (nSPS) is 11.4. The number of carbonyl (C=O) groups excluding carboxylic acids is 1. The summed E-state index contributed by atoms with van der Waals surface area (Å²) < 4.78 is 2.78. The van der Waals surface area contributed by atoms with E-state index in [0.29, 0.717) is 18.4 Å². The molecule has 1 amide bonds. The van der Waals surface area contributed by atoms with Gasteiger partial charge < -0.3 is 10.4 Å². The fourth-order valence-corrected chi connectivity index (χ4v) is 5.72. The highest BCUT2D eigenvalue weighted by Gasteiger charge is 2.16. The van der Waals surface area contributed by atoms with Gasteiger partial charge in [-0.3, -0.25) is 4.79 Å². The summed E-state index contributed by atoms with van der Waals surface area (Å²) in [6.07, 6.45) is 3.40. The third-order valence-electron chi connectivity index (χ3n) is 2.92. The van der Waals surface area contributed by atoms with Gasteiger partial charge in [-0.15, -0.1) is 0 Å². The molecule has 0 saturated heterocycles. The molecule has 1 rings (SSSR count). The number of rotatable bonds is 6. The summed E-state index contributed by atoms with van der Waals surface area (Å²) in [6, 6.07) is 1.95. The molecule has 0 aliphatic carbocycles. The van der Waals surface area contributed by atoms with Crippen molar-refractivity contribution < 1.29 is 14.7 Å². The first-order valence-corrected chi connectivity index (χ1v) is 9.96. The number of amides is 1. The van der Waals surface area contributed by atoms with E-state index in [2.05, 4.69) is 73.1 Å². The average molecular weight is 639 g/mol. The van der Waals surface area contributed by atoms with Crippen molar-refractivity contribution in [2.45, 2.75) is 33.1 Å². The minimum Gasteiger partial charge on any atom is -0.478 e. The van der Waals surface area contributed by atoms with Gasteiger partial charge in [0.05, 0.1) is 5.69 Å². The Labute approximate surface area is 170 Å². The van der Waals surface area contributed by atoms with Crippen molar-refractivity contribution in [2.24, 2.45) is 0 Å². The largest absolute Gasteiger partial charge is 0.478 e. The predicted molar refractivity (Wildman–Crippen MR) is 114 cm³/mol. The van der Waals surface area contributed by atoms with Crippen molar-refractivity contribution >= 4 is 91.4 Å². The molecule has 0 aromatic heterocycles. The van der Waals surface area contributed by atoms with Crippen LogP contribution in [0.1, 0.15) is 38.7 Å². The van der Waals surface area contributed by atoms with E-state index in [1.165, 1.54) is 0 Å². The lowest BCUT2D eigenvalue weighted by molar-refractivity contribution is -0.132. The first kappa shape index (κ1) is 20.1. The molecule has 2 N–H and O–H groups in total. The number of anilines is 1. The molecule has 0 heterocycles. The smallest absolute Gasteiger partial charge is 0.331 e. The molecule has 22 heavy (non-hydrogen) atoms. The fraction of sp³-hybridized carbons (Fsp3) is 0.333. The summed E-state index contributed by atoms with van der Waals surface area (Å²) in [5.41, 5.74) is 1.95. The van der Waals surface area contributed by atoms with Crippen LogP contribution in [0.2, 0.25) is 0 Å². The zero-order valence-corrected chi connectivity index (χ0v) is 18.6. The molecule has 0 aliphatic heterocycles. The molecule has 0 saturated carbocycles. The predicted octanol–water partition coefficient (Wildman–Crippen LogP) is 5.12. The maximum atomic E-state index is 11.9. The van der Waals surface area contributed by atoms with Crippen LogP contribution >= 0.6 is 67.8 Å². The molecular formula is C15H16I3NO3. The molecule has 1 aromatic rings. The molecule has 120 valence electrons. The van der Waals surface area contributed by atoms with Gasteiger partial charge in [-0.25, -0.2) is 4.79 Å². The first-order chi connectivity index (χ1) is 10.3. The fourth-order valence-electron chi connectivity index (χ4n) is 1.77. The highest BCUT2D eigenvalue weighted by atomic mass is 127. The minimum atomic E-state index is -0.913. The molecule has 0 radical (unpaired) electrons. The van der Waals surface area contributed by atoms with Crippen LogP contribution in [0.3, 0.4) is 0 Å². The Morgan fingerprint density at radius 3 is 2.36 bits per heavy atom. The second kappa shape index (κ2) is 9.40. The number of hydrogen-bond donors (Lipinski definition) is 2. The SMILES string of the molecule is CCCC(=O)Nc1c(I)cc(I)c(/C=C(/CC)C(=O)O)c1I. The summed E-state index contributed by atoms with van der Waals surface area (Å²) in [7, 11) is 0. The van der Waals surface area contributed by atoms with Gasteiger partial charge in [-0.05, 0) is 92.8 Å². The number of nitrogens with one attached hydrogen (secondary N) is 1. The number of hydrogen-bond acceptors (Lipinski definition) is 2. The minimum absolute atomic E-state index is 0.0246. The van der Waals surface area contributed by atoms with E-state index < -0.39 is 5.97 Å². The molecule has 1 aromatic carbocycles. The van der Waals surface area contributed by atoms with Crippen LogP contribution in [0.15, 0.2) is 11.6 Å². The lowest BCUT2D eigenvalue weighted by atomic mass is 10.1. The van der Waals surface area contributed by atoms with Gasteiger partial charge in [0.15, 0.2) is 0 Å². The van der Waals surface area contributed by atoms with Gasteiger partial charge >= 0.3 is 5.97 Å². The Morgan fingerprint density at radius 1 is 1.23 bits per heavy atom. The molecule has 0 fully saturated rings. The van der Waals surface area contributed by atoms with Crippen molar-refractivity contribution in [3.8, 4) is 0 Å². The quantitative estimate of drug-likeness (QED) is 0.336. The number of halogens is 3. The van der Waals surface area contributed by atoms with Crippen LogP contribution < -0.4 is 5.32 Å². The topological polar surface area (TPSA) is 66.4 Å². The Bertz CT molecular complexity index is 627. The summed E-state index contributed by atoms with van der Waals surface area (Å²) in [4.78, 5) is 23.1. The number of carboxylic acid groups (broad SMARTS) is 1. The van der Waals surface area contributed by atoms with E-state index >= 15 is 0 Å². The summed E-state index contributed by atoms with van der Waals surface area (Å²) >= 11 is 6.54. The van der Waals surface area contributed by atoms with Gasteiger partial charge in [-0.2, -0.15) is 0 Å². The molecule has 4 nitrogen and oxygen atoms in total. The van der Waals surface area contributed by atoms with E-state index in [9.17, 15) is 14.7 Å². The molecule has 7 heteroatoms. The first-order valence-electron chi connectivity index (χ1n) is 6.72. The third-order valence-corrected chi connectivity index (χ3v) is 5.78. The zero-order valence-electron chi connectivity index (χ0n) is 12.2. The van der Waals surface area contributed by atoms with Gasteiger partial charge in [0, 0.05) is 28.3 Å². The Morgan fingerprint density at radius 2 is 1.86 bits per heavy atom. The van der Waals surface area contributed by atoms with Crippen molar-refractivity contribution in [1.82, 2.24) is 0 Å².